The van der Waals surface area contributed by atoms with Crippen molar-refractivity contribution in [2.75, 3.05) is 7.11 Å². The Morgan fingerprint density at radius 1 is 1.12 bits per heavy atom. The van der Waals surface area contributed by atoms with Gasteiger partial charge in [0, 0.05) is 0 Å². The molecule has 0 saturated carbocycles. The Hall–Kier alpha value is -2.44. The lowest BCUT2D eigenvalue weighted by Gasteiger charge is -2.26. The minimum Gasteiger partial charge on any atom is -0.468 e. The number of rotatable bonds is 7. The van der Waals surface area contributed by atoms with Crippen LogP contribution in [0.4, 0.5) is 0 Å². The summed E-state index contributed by atoms with van der Waals surface area (Å²) < 4.78 is 32.6. The zero-order valence-electron chi connectivity index (χ0n) is 15.1. The summed E-state index contributed by atoms with van der Waals surface area (Å²) in [5.41, 5.74) is 0.496. The van der Waals surface area contributed by atoms with Crippen LogP contribution in [0.15, 0.2) is 65.6 Å². The molecule has 0 aliphatic heterocycles. The molecule has 1 atom stereocenters. The second-order valence-corrected chi connectivity index (χ2v) is 7.94. The van der Waals surface area contributed by atoms with Crippen molar-refractivity contribution in [1.82, 2.24) is 4.72 Å². The highest BCUT2D eigenvalue weighted by Crippen LogP contribution is 2.19. The van der Waals surface area contributed by atoms with Crippen molar-refractivity contribution >= 4 is 22.1 Å². The van der Waals surface area contributed by atoms with Crippen molar-refractivity contribution < 1.29 is 17.9 Å². The molecule has 0 amide bonds. The van der Waals surface area contributed by atoms with E-state index >= 15 is 0 Å². The lowest BCUT2D eigenvalue weighted by atomic mass is 9.99. The first-order valence-corrected chi connectivity index (χ1v) is 9.66. The molecule has 0 aromatic heterocycles. The molecule has 0 saturated heterocycles. The van der Waals surface area contributed by atoms with Gasteiger partial charge in [-0.25, -0.2) is 8.42 Å². The number of methoxy groups -OCH3 is 1. The van der Waals surface area contributed by atoms with Gasteiger partial charge in [0.15, 0.2) is 0 Å². The molecule has 2 aromatic rings. The van der Waals surface area contributed by atoms with E-state index in [-0.39, 0.29) is 11.3 Å². The highest BCUT2D eigenvalue weighted by atomic mass is 32.2. The van der Waals surface area contributed by atoms with Crippen molar-refractivity contribution in [1.29, 1.82) is 0 Å². The molecule has 5 nitrogen and oxygen atoms in total. The number of carbonyl (C=O) groups excluding carboxylic acids is 1. The topological polar surface area (TPSA) is 72.5 Å². The van der Waals surface area contributed by atoms with Crippen LogP contribution in [0.3, 0.4) is 0 Å². The van der Waals surface area contributed by atoms with Gasteiger partial charge in [0.2, 0.25) is 10.0 Å². The molecule has 0 aliphatic rings. The van der Waals surface area contributed by atoms with Gasteiger partial charge < -0.3 is 4.74 Å². The smallest absolute Gasteiger partial charge is 0.327 e. The summed E-state index contributed by atoms with van der Waals surface area (Å²) in [6.07, 6.45) is 3.74. The van der Waals surface area contributed by atoms with Crippen molar-refractivity contribution in [2.24, 2.45) is 0 Å². The predicted molar refractivity (Wildman–Crippen MR) is 102 cm³/mol. The summed E-state index contributed by atoms with van der Waals surface area (Å²) in [4.78, 5) is 12.4. The molecule has 0 heterocycles. The van der Waals surface area contributed by atoms with E-state index in [4.69, 9.17) is 4.74 Å². The Morgan fingerprint density at radius 2 is 1.73 bits per heavy atom. The molecular formula is C20H23NO4S. The monoisotopic (exact) mass is 373 g/mol. The predicted octanol–water partition coefficient (Wildman–Crippen LogP) is 3.31. The Labute approximate surface area is 154 Å². The molecule has 6 heteroatoms. The Balaban J connectivity index is 2.24. The van der Waals surface area contributed by atoms with Crippen LogP contribution in [0, 0.1) is 6.92 Å². The number of esters is 1. The molecule has 0 spiro atoms. The average molecular weight is 373 g/mol. The van der Waals surface area contributed by atoms with Crippen molar-refractivity contribution in [3.05, 3.63) is 71.8 Å². The Morgan fingerprint density at radius 3 is 2.31 bits per heavy atom. The van der Waals surface area contributed by atoms with Crippen LogP contribution < -0.4 is 4.72 Å². The van der Waals surface area contributed by atoms with Crippen LogP contribution >= 0.6 is 0 Å². The van der Waals surface area contributed by atoms with Crippen molar-refractivity contribution in [3.8, 4) is 0 Å². The quantitative estimate of drug-likeness (QED) is 0.756. The number of aryl methyl sites for hydroxylation is 1. The summed E-state index contributed by atoms with van der Waals surface area (Å²) >= 11 is 0. The highest BCUT2D eigenvalue weighted by Gasteiger charge is 2.38. The second-order valence-electron chi connectivity index (χ2n) is 6.26. The van der Waals surface area contributed by atoms with Crippen LogP contribution in [0.5, 0.6) is 0 Å². The fraction of sp³-hybridized carbons (Fsp3) is 0.250. The standard InChI is InChI=1S/C20H23NO4S/c1-16-11-13-18(14-12-16)26(23,24)21-20(2,19(22)25-3)15-7-10-17-8-5-4-6-9-17/h4-14,21H,15H2,1-3H3/b10-7-. The van der Waals surface area contributed by atoms with Gasteiger partial charge in [-0.1, -0.05) is 60.2 Å². The number of ether oxygens (including phenoxy) is 1. The molecule has 0 aliphatic carbocycles. The molecule has 0 bridgehead atoms. The minimum absolute atomic E-state index is 0.102. The fourth-order valence-electron chi connectivity index (χ4n) is 2.46. The van der Waals surface area contributed by atoms with Gasteiger partial charge in [-0.15, -0.1) is 0 Å². The molecule has 2 rings (SSSR count). The van der Waals surface area contributed by atoms with Crippen LogP contribution in [0.1, 0.15) is 24.5 Å². The van der Waals surface area contributed by atoms with Gasteiger partial charge in [-0.05, 0) is 38.0 Å². The summed E-state index contributed by atoms with van der Waals surface area (Å²) in [6, 6.07) is 16.0. The normalized spacial score (nSPS) is 14.1. The van der Waals surface area contributed by atoms with E-state index in [1.165, 1.54) is 26.2 Å². The third-order valence-corrected chi connectivity index (χ3v) is 5.57. The van der Waals surface area contributed by atoms with Crippen LogP contribution in [0.2, 0.25) is 0 Å². The number of sulfonamides is 1. The van der Waals surface area contributed by atoms with Gasteiger partial charge in [0.1, 0.15) is 5.54 Å². The first kappa shape index (κ1) is 19.9. The number of carbonyl (C=O) groups is 1. The number of hydrogen-bond donors (Lipinski definition) is 1. The third-order valence-electron chi connectivity index (χ3n) is 3.96. The van der Waals surface area contributed by atoms with E-state index in [0.29, 0.717) is 0 Å². The number of nitrogens with one attached hydrogen (secondary N) is 1. The number of hydrogen-bond acceptors (Lipinski definition) is 4. The average Bonchev–Trinajstić information content (AvgIpc) is 2.61. The first-order chi connectivity index (χ1) is 12.3. The lowest BCUT2D eigenvalue weighted by molar-refractivity contribution is -0.146. The van der Waals surface area contributed by atoms with Gasteiger partial charge in [0.05, 0.1) is 12.0 Å². The lowest BCUT2D eigenvalue weighted by Crippen LogP contribution is -2.52. The highest BCUT2D eigenvalue weighted by molar-refractivity contribution is 7.89. The third kappa shape index (κ3) is 5.03. The molecule has 1 N–H and O–H groups in total. The molecule has 26 heavy (non-hydrogen) atoms. The minimum atomic E-state index is -3.87. The first-order valence-electron chi connectivity index (χ1n) is 8.17. The van der Waals surface area contributed by atoms with E-state index in [1.807, 2.05) is 43.3 Å². The summed E-state index contributed by atoms with van der Waals surface area (Å²) in [7, 11) is -2.63. The second kappa shape index (κ2) is 8.29. The van der Waals surface area contributed by atoms with Crippen LogP contribution in [-0.4, -0.2) is 27.0 Å². The van der Waals surface area contributed by atoms with E-state index < -0.39 is 21.5 Å². The van der Waals surface area contributed by atoms with Crippen LogP contribution in [-0.2, 0) is 19.6 Å². The molecule has 1 unspecified atom stereocenters. The largest absolute Gasteiger partial charge is 0.468 e. The van der Waals surface area contributed by atoms with Crippen LogP contribution in [0.25, 0.3) is 6.08 Å². The Kier molecular flexibility index (Phi) is 6.34. The van der Waals surface area contributed by atoms with Crippen molar-refractivity contribution in [3.63, 3.8) is 0 Å². The number of benzene rings is 2. The molecule has 0 fully saturated rings. The molecule has 0 radical (unpaired) electrons. The molecule has 138 valence electrons. The van der Waals surface area contributed by atoms with Gasteiger partial charge in [-0.3, -0.25) is 4.79 Å². The molecule has 2 aromatic carbocycles. The maximum atomic E-state index is 12.7. The van der Waals surface area contributed by atoms with E-state index in [0.717, 1.165) is 11.1 Å². The maximum absolute atomic E-state index is 12.7. The van der Waals surface area contributed by atoms with Gasteiger partial charge >= 0.3 is 5.97 Å². The van der Waals surface area contributed by atoms with Crippen molar-refractivity contribution in [2.45, 2.75) is 30.7 Å². The van der Waals surface area contributed by atoms with E-state index in [9.17, 15) is 13.2 Å². The van der Waals surface area contributed by atoms with Gasteiger partial charge in [0.25, 0.3) is 0 Å². The summed E-state index contributed by atoms with van der Waals surface area (Å²) in [5, 5.41) is 0. The van der Waals surface area contributed by atoms with E-state index in [2.05, 4.69) is 4.72 Å². The Bertz CT molecular complexity index is 874. The molecular weight excluding hydrogens is 350 g/mol. The fourth-order valence-corrected chi connectivity index (χ4v) is 3.83. The summed E-state index contributed by atoms with van der Waals surface area (Å²) in [5.74, 6) is -0.647. The SMILES string of the molecule is COC(=O)C(C)(C/C=C\c1ccccc1)NS(=O)(=O)c1ccc(C)cc1. The van der Waals surface area contributed by atoms with E-state index in [1.54, 1.807) is 18.2 Å². The van der Waals surface area contributed by atoms with Gasteiger partial charge in [-0.2, -0.15) is 4.72 Å². The summed E-state index contributed by atoms with van der Waals surface area (Å²) in [6.45, 7) is 3.39. The maximum Gasteiger partial charge on any atom is 0.327 e. The zero-order chi connectivity index (χ0) is 19.2. The zero-order valence-corrected chi connectivity index (χ0v) is 15.9.